The van der Waals surface area contributed by atoms with Crippen molar-refractivity contribution in [1.29, 1.82) is 0 Å². The van der Waals surface area contributed by atoms with Gasteiger partial charge in [0.25, 0.3) is 5.91 Å². The molecule has 0 spiro atoms. The fourth-order valence-electron chi connectivity index (χ4n) is 2.08. The Morgan fingerprint density at radius 2 is 1.92 bits per heavy atom. The minimum Gasteiger partial charge on any atom is -0.496 e. The molecule has 0 unspecified atom stereocenters. The molecule has 0 atom stereocenters. The number of para-hydroxylation sites is 1. The highest BCUT2D eigenvalue weighted by atomic mass is 35.5. The Labute approximate surface area is 151 Å². The molecule has 0 heterocycles. The first-order valence-corrected chi connectivity index (χ1v) is 7.92. The summed E-state index contributed by atoms with van der Waals surface area (Å²) < 4.78 is 10.1. The molecule has 2 rings (SSSR count). The Morgan fingerprint density at radius 1 is 1.16 bits per heavy atom. The number of esters is 1. The van der Waals surface area contributed by atoms with Crippen LogP contribution in [0.25, 0.3) is 6.08 Å². The van der Waals surface area contributed by atoms with E-state index in [2.05, 4.69) is 5.32 Å². The average molecular weight is 360 g/mol. The first-order valence-electron chi connectivity index (χ1n) is 7.54. The molecular weight excluding hydrogens is 342 g/mol. The van der Waals surface area contributed by atoms with E-state index in [-0.39, 0.29) is 6.61 Å². The van der Waals surface area contributed by atoms with Gasteiger partial charge in [0, 0.05) is 22.3 Å². The van der Waals surface area contributed by atoms with Crippen molar-refractivity contribution in [2.45, 2.75) is 6.92 Å². The van der Waals surface area contributed by atoms with Crippen molar-refractivity contribution < 1.29 is 19.1 Å². The molecule has 0 saturated heterocycles. The van der Waals surface area contributed by atoms with Gasteiger partial charge in [-0.25, -0.2) is 4.79 Å². The van der Waals surface area contributed by atoms with E-state index in [1.54, 1.807) is 50.4 Å². The largest absolute Gasteiger partial charge is 0.496 e. The topological polar surface area (TPSA) is 64.6 Å². The second kappa shape index (κ2) is 8.89. The summed E-state index contributed by atoms with van der Waals surface area (Å²) in [7, 11) is 1.55. The van der Waals surface area contributed by atoms with Crippen LogP contribution >= 0.6 is 11.6 Å². The number of methoxy groups -OCH3 is 1. The Balaban J connectivity index is 1.88. The number of hydrogen-bond acceptors (Lipinski definition) is 4. The second-order valence-electron chi connectivity index (χ2n) is 5.14. The molecule has 0 aliphatic carbocycles. The van der Waals surface area contributed by atoms with E-state index in [0.717, 1.165) is 11.1 Å². The first kappa shape index (κ1) is 18.5. The Bertz CT molecular complexity index is 802. The molecule has 0 aromatic heterocycles. The molecule has 130 valence electrons. The van der Waals surface area contributed by atoms with Gasteiger partial charge >= 0.3 is 5.97 Å². The maximum Gasteiger partial charge on any atom is 0.331 e. The van der Waals surface area contributed by atoms with Gasteiger partial charge in [0.15, 0.2) is 6.61 Å². The lowest BCUT2D eigenvalue weighted by molar-refractivity contribution is -0.142. The zero-order valence-corrected chi connectivity index (χ0v) is 14.7. The predicted molar refractivity (Wildman–Crippen MR) is 97.8 cm³/mol. The average Bonchev–Trinajstić information content (AvgIpc) is 2.62. The minimum absolute atomic E-state index is 0.388. The van der Waals surface area contributed by atoms with E-state index in [1.165, 1.54) is 6.08 Å². The first-order chi connectivity index (χ1) is 12.0. The third-order valence-electron chi connectivity index (χ3n) is 3.43. The maximum atomic E-state index is 11.9. The summed E-state index contributed by atoms with van der Waals surface area (Å²) in [6.45, 7) is 1.40. The maximum absolute atomic E-state index is 11.9. The molecule has 2 aromatic rings. The number of hydrogen-bond donors (Lipinski definition) is 1. The number of halogens is 1. The molecule has 1 N–H and O–H groups in total. The number of amides is 1. The number of ether oxygens (including phenoxy) is 2. The standard InChI is InChI=1S/C19H18ClNO4/c1-13-15(20)7-5-8-16(13)21-18(22)12-25-19(23)11-10-14-6-3-4-9-17(14)24-2/h3-11H,12H2,1-2H3,(H,21,22)/b11-10+. The monoisotopic (exact) mass is 359 g/mol. The Morgan fingerprint density at radius 3 is 2.68 bits per heavy atom. The van der Waals surface area contributed by atoms with Gasteiger partial charge in [-0.2, -0.15) is 0 Å². The SMILES string of the molecule is COc1ccccc1/C=C/C(=O)OCC(=O)Nc1cccc(Cl)c1C. The van der Waals surface area contributed by atoms with Crippen LogP contribution in [0, 0.1) is 6.92 Å². The van der Waals surface area contributed by atoms with Gasteiger partial charge in [-0.15, -0.1) is 0 Å². The summed E-state index contributed by atoms with van der Waals surface area (Å²) in [5.74, 6) is -0.422. The smallest absolute Gasteiger partial charge is 0.331 e. The number of anilines is 1. The fraction of sp³-hybridized carbons (Fsp3) is 0.158. The van der Waals surface area contributed by atoms with Crippen LogP contribution in [0.3, 0.4) is 0 Å². The van der Waals surface area contributed by atoms with E-state index >= 15 is 0 Å². The summed E-state index contributed by atoms with van der Waals surface area (Å²) in [6.07, 6.45) is 2.82. The molecule has 2 aromatic carbocycles. The number of benzene rings is 2. The van der Waals surface area contributed by atoms with E-state index in [0.29, 0.717) is 16.5 Å². The van der Waals surface area contributed by atoms with Crippen LogP contribution in [0.4, 0.5) is 5.69 Å². The number of carbonyl (C=O) groups excluding carboxylic acids is 2. The fourth-order valence-corrected chi connectivity index (χ4v) is 2.25. The van der Waals surface area contributed by atoms with Gasteiger partial charge in [0.05, 0.1) is 7.11 Å². The highest BCUT2D eigenvalue weighted by molar-refractivity contribution is 6.31. The number of nitrogens with one attached hydrogen (secondary N) is 1. The highest BCUT2D eigenvalue weighted by Crippen LogP contribution is 2.22. The molecule has 5 nitrogen and oxygen atoms in total. The van der Waals surface area contributed by atoms with Crippen molar-refractivity contribution in [3.63, 3.8) is 0 Å². The zero-order chi connectivity index (χ0) is 18.2. The third-order valence-corrected chi connectivity index (χ3v) is 3.83. The molecule has 6 heteroatoms. The van der Waals surface area contributed by atoms with Gasteiger partial charge in [-0.1, -0.05) is 35.9 Å². The third kappa shape index (κ3) is 5.36. The highest BCUT2D eigenvalue weighted by Gasteiger charge is 2.09. The van der Waals surface area contributed by atoms with Crippen molar-refractivity contribution in [3.8, 4) is 5.75 Å². The second-order valence-corrected chi connectivity index (χ2v) is 5.55. The lowest BCUT2D eigenvalue weighted by Gasteiger charge is -2.09. The molecule has 0 aliphatic rings. The molecule has 25 heavy (non-hydrogen) atoms. The Hall–Kier alpha value is -2.79. The lowest BCUT2D eigenvalue weighted by Crippen LogP contribution is -2.20. The molecule has 0 saturated carbocycles. The van der Waals surface area contributed by atoms with Gasteiger partial charge in [0.1, 0.15) is 5.75 Å². The summed E-state index contributed by atoms with van der Waals surface area (Å²) in [4.78, 5) is 23.6. The summed E-state index contributed by atoms with van der Waals surface area (Å²) in [6, 6.07) is 12.4. The summed E-state index contributed by atoms with van der Waals surface area (Å²) in [5, 5.41) is 3.20. The molecule has 0 aliphatic heterocycles. The van der Waals surface area contributed by atoms with Crippen LogP contribution in [-0.2, 0) is 14.3 Å². The van der Waals surface area contributed by atoms with Crippen LogP contribution in [0.5, 0.6) is 5.75 Å². The molecule has 1 amide bonds. The van der Waals surface area contributed by atoms with Gasteiger partial charge in [-0.05, 0) is 36.8 Å². The van der Waals surface area contributed by atoms with E-state index < -0.39 is 11.9 Å². The van der Waals surface area contributed by atoms with E-state index in [1.807, 2.05) is 12.1 Å². The zero-order valence-electron chi connectivity index (χ0n) is 13.9. The quantitative estimate of drug-likeness (QED) is 0.628. The van der Waals surface area contributed by atoms with Crippen LogP contribution in [0.15, 0.2) is 48.5 Å². The van der Waals surface area contributed by atoms with Crippen LogP contribution in [-0.4, -0.2) is 25.6 Å². The molecule has 0 radical (unpaired) electrons. The predicted octanol–water partition coefficient (Wildman–Crippen LogP) is 3.85. The molecular formula is C19H18ClNO4. The van der Waals surface area contributed by atoms with Crippen molar-refractivity contribution >= 4 is 35.2 Å². The normalized spacial score (nSPS) is 10.5. The van der Waals surface area contributed by atoms with Gasteiger partial charge in [-0.3, -0.25) is 4.79 Å². The summed E-state index contributed by atoms with van der Waals surface area (Å²) >= 11 is 5.99. The van der Waals surface area contributed by atoms with E-state index in [9.17, 15) is 9.59 Å². The van der Waals surface area contributed by atoms with Crippen LogP contribution < -0.4 is 10.1 Å². The molecule has 0 bridgehead atoms. The van der Waals surface area contributed by atoms with Gasteiger partial charge < -0.3 is 14.8 Å². The van der Waals surface area contributed by atoms with Gasteiger partial charge in [0.2, 0.25) is 0 Å². The lowest BCUT2D eigenvalue weighted by atomic mass is 10.2. The number of carbonyl (C=O) groups is 2. The van der Waals surface area contributed by atoms with Crippen molar-refractivity contribution in [3.05, 3.63) is 64.7 Å². The van der Waals surface area contributed by atoms with Crippen LogP contribution in [0.1, 0.15) is 11.1 Å². The van der Waals surface area contributed by atoms with E-state index in [4.69, 9.17) is 21.1 Å². The summed E-state index contributed by atoms with van der Waals surface area (Å²) in [5.41, 5.74) is 2.07. The Kier molecular flexibility index (Phi) is 6.60. The number of rotatable bonds is 6. The minimum atomic E-state index is -0.621. The molecule has 0 fully saturated rings. The van der Waals surface area contributed by atoms with Crippen molar-refractivity contribution in [2.24, 2.45) is 0 Å². The van der Waals surface area contributed by atoms with Crippen molar-refractivity contribution in [1.82, 2.24) is 0 Å². The van der Waals surface area contributed by atoms with Crippen molar-refractivity contribution in [2.75, 3.05) is 19.0 Å². The van der Waals surface area contributed by atoms with Crippen LogP contribution in [0.2, 0.25) is 5.02 Å².